The van der Waals surface area contributed by atoms with Gasteiger partial charge in [-0.05, 0) is 31.0 Å². The Labute approximate surface area is 107 Å². The van der Waals surface area contributed by atoms with E-state index in [-0.39, 0.29) is 29.7 Å². The molecule has 0 aromatic heterocycles. The van der Waals surface area contributed by atoms with Gasteiger partial charge >= 0.3 is 0 Å². The van der Waals surface area contributed by atoms with Crippen LogP contribution in [-0.2, 0) is 0 Å². The standard InChI is InChI=1S/C14H19NO3/c1-14(9-16)7-3-6-12(14)15-13(18)10-4-2-5-11(17)8-10/h2,4-5,8,12,16-17H,3,6-7,9H2,1H3,(H,15,18). The Balaban J connectivity index is 2.08. The molecule has 1 aliphatic rings. The highest BCUT2D eigenvalue weighted by Gasteiger charge is 2.39. The molecule has 2 unspecified atom stereocenters. The highest BCUT2D eigenvalue weighted by molar-refractivity contribution is 5.94. The molecule has 1 fully saturated rings. The molecular weight excluding hydrogens is 230 g/mol. The number of hydrogen-bond acceptors (Lipinski definition) is 3. The van der Waals surface area contributed by atoms with Crippen molar-refractivity contribution >= 4 is 5.91 Å². The van der Waals surface area contributed by atoms with Crippen LogP contribution >= 0.6 is 0 Å². The third-order valence-corrected chi connectivity index (χ3v) is 3.86. The monoisotopic (exact) mass is 249 g/mol. The van der Waals surface area contributed by atoms with Gasteiger partial charge in [0.1, 0.15) is 5.75 Å². The molecule has 0 aliphatic heterocycles. The fourth-order valence-corrected chi connectivity index (χ4v) is 2.56. The fraction of sp³-hybridized carbons (Fsp3) is 0.500. The van der Waals surface area contributed by atoms with Crippen molar-refractivity contribution in [3.8, 4) is 5.75 Å². The van der Waals surface area contributed by atoms with Crippen molar-refractivity contribution in [3.05, 3.63) is 29.8 Å². The molecule has 1 aliphatic carbocycles. The van der Waals surface area contributed by atoms with E-state index < -0.39 is 0 Å². The molecule has 4 heteroatoms. The summed E-state index contributed by atoms with van der Waals surface area (Å²) in [6.07, 6.45) is 2.83. The predicted octanol–water partition coefficient (Wildman–Crippen LogP) is 1.67. The van der Waals surface area contributed by atoms with Crippen LogP contribution < -0.4 is 5.32 Å². The molecule has 0 saturated heterocycles. The zero-order chi connectivity index (χ0) is 13.2. The van der Waals surface area contributed by atoms with Gasteiger partial charge in [0.15, 0.2) is 0 Å². The van der Waals surface area contributed by atoms with Crippen molar-refractivity contribution in [3.63, 3.8) is 0 Å². The molecule has 0 heterocycles. The van der Waals surface area contributed by atoms with Crippen molar-refractivity contribution in [1.82, 2.24) is 5.32 Å². The van der Waals surface area contributed by atoms with Gasteiger partial charge in [-0.1, -0.05) is 19.4 Å². The first-order valence-electron chi connectivity index (χ1n) is 6.26. The van der Waals surface area contributed by atoms with Crippen LogP contribution in [0.1, 0.15) is 36.5 Å². The van der Waals surface area contributed by atoms with Crippen LogP contribution in [0.2, 0.25) is 0 Å². The van der Waals surface area contributed by atoms with Gasteiger partial charge in [-0.25, -0.2) is 0 Å². The van der Waals surface area contributed by atoms with E-state index in [1.165, 1.54) is 12.1 Å². The molecule has 1 amide bonds. The lowest BCUT2D eigenvalue weighted by Crippen LogP contribution is -2.44. The Hall–Kier alpha value is -1.55. The van der Waals surface area contributed by atoms with Crippen molar-refractivity contribution < 1.29 is 15.0 Å². The second-order valence-electron chi connectivity index (χ2n) is 5.28. The van der Waals surface area contributed by atoms with Gasteiger partial charge in [0.05, 0.1) is 6.61 Å². The average molecular weight is 249 g/mol. The molecule has 4 nitrogen and oxygen atoms in total. The molecule has 3 N–H and O–H groups in total. The van der Waals surface area contributed by atoms with Crippen LogP contribution in [0.25, 0.3) is 0 Å². The van der Waals surface area contributed by atoms with Crippen molar-refractivity contribution in [2.75, 3.05) is 6.61 Å². The summed E-state index contributed by atoms with van der Waals surface area (Å²) in [5, 5.41) is 21.7. The number of phenols is 1. The minimum atomic E-state index is -0.230. The van der Waals surface area contributed by atoms with Crippen LogP contribution in [0.15, 0.2) is 24.3 Å². The maximum Gasteiger partial charge on any atom is 0.251 e. The number of aromatic hydroxyl groups is 1. The normalized spacial score (nSPS) is 27.1. The molecule has 0 spiro atoms. The molecule has 98 valence electrons. The van der Waals surface area contributed by atoms with E-state index in [1.54, 1.807) is 12.1 Å². The molecule has 0 radical (unpaired) electrons. The predicted molar refractivity (Wildman–Crippen MR) is 68.4 cm³/mol. The number of amides is 1. The van der Waals surface area contributed by atoms with E-state index in [4.69, 9.17) is 0 Å². The third kappa shape index (κ3) is 2.48. The number of aliphatic hydroxyl groups excluding tert-OH is 1. The lowest BCUT2D eigenvalue weighted by atomic mass is 9.85. The molecular formula is C14H19NO3. The van der Waals surface area contributed by atoms with E-state index >= 15 is 0 Å². The molecule has 0 bridgehead atoms. The highest BCUT2D eigenvalue weighted by atomic mass is 16.3. The van der Waals surface area contributed by atoms with Gasteiger partial charge in [0.2, 0.25) is 0 Å². The van der Waals surface area contributed by atoms with Crippen LogP contribution in [-0.4, -0.2) is 28.8 Å². The van der Waals surface area contributed by atoms with E-state index in [9.17, 15) is 15.0 Å². The number of hydrogen-bond donors (Lipinski definition) is 3. The number of aliphatic hydroxyl groups is 1. The maximum atomic E-state index is 12.1. The van der Waals surface area contributed by atoms with E-state index in [1.807, 2.05) is 6.92 Å². The summed E-state index contributed by atoms with van der Waals surface area (Å²) in [5.74, 6) is -0.114. The van der Waals surface area contributed by atoms with Crippen LogP contribution in [0.5, 0.6) is 5.75 Å². The molecule has 18 heavy (non-hydrogen) atoms. The summed E-state index contributed by atoms with van der Waals surface area (Å²) in [4.78, 5) is 12.1. The fourth-order valence-electron chi connectivity index (χ4n) is 2.56. The molecule has 2 rings (SSSR count). The number of carbonyl (C=O) groups is 1. The van der Waals surface area contributed by atoms with E-state index in [2.05, 4.69) is 5.32 Å². The number of nitrogens with one attached hydrogen (secondary N) is 1. The van der Waals surface area contributed by atoms with Crippen molar-refractivity contribution in [2.45, 2.75) is 32.2 Å². The zero-order valence-corrected chi connectivity index (χ0v) is 10.5. The minimum Gasteiger partial charge on any atom is -0.508 e. The van der Waals surface area contributed by atoms with Crippen molar-refractivity contribution in [2.24, 2.45) is 5.41 Å². The smallest absolute Gasteiger partial charge is 0.251 e. The summed E-state index contributed by atoms with van der Waals surface area (Å²) >= 11 is 0. The van der Waals surface area contributed by atoms with Gasteiger partial charge in [-0.2, -0.15) is 0 Å². The maximum absolute atomic E-state index is 12.1. The van der Waals surface area contributed by atoms with Crippen LogP contribution in [0, 0.1) is 5.41 Å². The van der Waals surface area contributed by atoms with Gasteiger partial charge in [0.25, 0.3) is 5.91 Å². The topological polar surface area (TPSA) is 69.6 Å². The first-order chi connectivity index (χ1) is 8.55. The van der Waals surface area contributed by atoms with Crippen molar-refractivity contribution in [1.29, 1.82) is 0 Å². The summed E-state index contributed by atoms with van der Waals surface area (Å²) in [6, 6.07) is 6.28. The first kappa shape index (κ1) is 12.9. The third-order valence-electron chi connectivity index (χ3n) is 3.86. The zero-order valence-electron chi connectivity index (χ0n) is 10.5. The Morgan fingerprint density at radius 3 is 3.00 bits per heavy atom. The first-order valence-corrected chi connectivity index (χ1v) is 6.26. The Morgan fingerprint density at radius 1 is 1.56 bits per heavy atom. The summed E-state index contributed by atoms with van der Waals surface area (Å²) in [6.45, 7) is 2.07. The summed E-state index contributed by atoms with van der Waals surface area (Å²) in [5.41, 5.74) is 0.217. The van der Waals surface area contributed by atoms with Gasteiger partial charge in [0, 0.05) is 17.0 Å². The second kappa shape index (κ2) is 4.98. The Morgan fingerprint density at radius 2 is 2.33 bits per heavy atom. The SMILES string of the molecule is CC1(CO)CCCC1NC(=O)c1cccc(O)c1. The van der Waals surface area contributed by atoms with Gasteiger partial charge < -0.3 is 15.5 Å². The molecule has 1 aromatic rings. The van der Waals surface area contributed by atoms with Crippen LogP contribution in [0.4, 0.5) is 0 Å². The molecule has 1 aromatic carbocycles. The molecule has 2 atom stereocenters. The van der Waals surface area contributed by atoms with E-state index in [0.717, 1.165) is 19.3 Å². The lowest BCUT2D eigenvalue weighted by molar-refractivity contribution is 0.0830. The van der Waals surface area contributed by atoms with E-state index in [0.29, 0.717) is 5.56 Å². The quantitative estimate of drug-likeness (QED) is 0.763. The van der Waals surface area contributed by atoms with Gasteiger partial charge in [-0.3, -0.25) is 4.79 Å². The number of benzene rings is 1. The van der Waals surface area contributed by atoms with Gasteiger partial charge in [-0.15, -0.1) is 0 Å². The summed E-state index contributed by atoms with van der Waals surface area (Å²) < 4.78 is 0. The second-order valence-corrected chi connectivity index (χ2v) is 5.28. The highest BCUT2D eigenvalue weighted by Crippen LogP contribution is 2.37. The number of phenolic OH excluding ortho intramolecular Hbond substituents is 1. The Bertz CT molecular complexity index is 446. The number of rotatable bonds is 3. The number of carbonyl (C=O) groups excluding carboxylic acids is 1. The molecule has 1 saturated carbocycles. The van der Waals surface area contributed by atoms with Crippen LogP contribution in [0.3, 0.4) is 0 Å². The lowest BCUT2D eigenvalue weighted by Gasteiger charge is -2.30. The minimum absolute atomic E-state index is 0.00245. The Kier molecular flexibility index (Phi) is 3.57. The average Bonchev–Trinajstić information content (AvgIpc) is 2.72. The summed E-state index contributed by atoms with van der Waals surface area (Å²) in [7, 11) is 0. The largest absolute Gasteiger partial charge is 0.508 e.